The number of hydrogen-bond donors (Lipinski definition) is 1. The molecular weight excluding hydrogens is 246 g/mol. The third-order valence-corrected chi connectivity index (χ3v) is 3.42. The minimum Gasteiger partial charge on any atom is -0.385 e. The van der Waals surface area contributed by atoms with Gasteiger partial charge in [0.2, 0.25) is 0 Å². The lowest BCUT2D eigenvalue weighted by Crippen LogP contribution is -2.31. The van der Waals surface area contributed by atoms with E-state index >= 15 is 0 Å². The second-order valence-electron chi connectivity index (χ2n) is 4.69. The smallest absolute Gasteiger partial charge is 0.0462 e. The molecular formula is C15H24ClNO. The van der Waals surface area contributed by atoms with E-state index in [4.69, 9.17) is 16.3 Å². The normalized spacial score (nSPS) is 12.7. The van der Waals surface area contributed by atoms with Crippen molar-refractivity contribution in [2.75, 3.05) is 20.3 Å². The molecule has 0 saturated carbocycles. The molecule has 18 heavy (non-hydrogen) atoms. The Morgan fingerprint density at radius 2 is 2.17 bits per heavy atom. The van der Waals surface area contributed by atoms with E-state index in [2.05, 4.69) is 31.3 Å². The minimum absolute atomic E-state index is 0.477. The monoisotopic (exact) mass is 269 g/mol. The maximum absolute atomic E-state index is 6.28. The van der Waals surface area contributed by atoms with Gasteiger partial charge in [-0.1, -0.05) is 30.7 Å². The molecule has 1 atom stereocenters. The van der Waals surface area contributed by atoms with Crippen LogP contribution in [0.3, 0.4) is 0 Å². The van der Waals surface area contributed by atoms with Crippen LogP contribution in [0.4, 0.5) is 0 Å². The molecule has 0 bridgehead atoms. The number of nitrogens with one attached hydrogen (secondary N) is 1. The molecule has 2 nitrogen and oxygen atoms in total. The number of halogens is 1. The molecule has 0 heterocycles. The third kappa shape index (κ3) is 5.38. The third-order valence-electron chi connectivity index (χ3n) is 3.07. The summed E-state index contributed by atoms with van der Waals surface area (Å²) < 4.78 is 5.11. The number of hydrogen-bond acceptors (Lipinski definition) is 2. The Morgan fingerprint density at radius 3 is 2.78 bits per heavy atom. The number of benzene rings is 1. The van der Waals surface area contributed by atoms with E-state index in [9.17, 15) is 0 Å². The van der Waals surface area contributed by atoms with Crippen LogP contribution in [-0.2, 0) is 11.2 Å². The fourth-order valence-electron chi connectivity index (χ4n) is 2.12. The number of ether oxygens (including phenoxy) is 1. The maximum Gasteiger partial charge on any atom is 0.0462 e. The first-order valence-corrected chi connectivity index (χ1v) is 7.02. The number of likely N-dealkylation sites (N-methyl/N-ethyl adjacent to an activating group) is 1. The van der Waals surface area contributed by atoms with Crippen molar-refractivity contribution in [3.8, 4) is 0 Å². The summed E-state index contributed by atoms with van der Waals surface area (Å²) in [5.74, 6) is 0. The van der Waals surface area contributed by atoms with Gasteiger partial charge in [-0.3, -0.25) is 0 Å². The summed E-state index contributed by atoms with van der Waals surface area (Å²) in [7, 11) is 1.75. The molecule has 0 radical (unpaired) electrons. The Kier molecular flexibility index (Phi) is 7.33. The molecule has 0 spiro atoms. The van der Waals surface area contributed by atoms with Gasteiger partial charge in [0, 0.05) is 24.8 Å². The summed E-state index contributed by atoms with van der Waals surface area (Å²) in [5, 5.41) is 4.40. The Labute approximate surface area is 116 Å². The Hall–Kier alpha value is -0.570. The molecule has 1 aromatic rings. The highest BCUT2D eigenvalue weighted by atomic mass is 35.5. The summed E-state index contributed by atoms with van der Waals surface area (Å²) in [6, 6.07) is 6.78. The van der Waals surface area contributed by atoms with Crippen LogP contribution in [0.2, 0.25) is 5.02 Å². The maximum atomic E-state index is 6.28. The van der Waals surface area contributed by atoms with E-state index in [0.29, 0.717) is 6.04 Å². The zero-order valence-corrected chi connectivity index (χ0v) is 12.4. The van der Waals surface area contributed by atoms with E-state index in [1.54, 1.807) is 7.11 Å². The quantitative estimate of drug-likeness (QED) is 0.728. The average Bonchev–Trinajstić information content (AvgIpc) is 2.33. The van der Waals surface area contributed by atoms with Gasteiger partial charge < -0.3 is 10.1 Å². The lowest BCUT2D eigenvalue weighted by Gasteiger charge is -2.18. The van der Waals surface area contributed by atoms with Crippen molar-refractivity contribution in [1.29, 1.82) is 0 Å². The van der Waals surface area contributed by atoms with Crippen LogP contribution < -0.4 is 5.32 Å². The highest BCUT2D eigenvalue weighted by Crippen LogP contribution is 2.20. The summed E-state index contributed by atoms with van der Waals surface area (Å²) in [6.45, 7) is 6.01. The highest BCUT2D eigenvalue weighted by Gasteiger charge is 2.10. The van der Waals surface area contributed by atoms with E-state index < -0.39 is 0 Å². The zero-order valence-electron chi connectivity index (χ0n) is 11.6. The van der Waals surface area contributed by atoms with Crippen LogP contribution in [-0.4, -0.2) is 26.3 Å². The topological polar surface area (TPSA) is 21.3 Å². The van der Waals surface area contributed by atoms with Crippen molar-refractivity contribution >= 4 is 11.6 Å². The zero-order chi connectivity index (χ0) is 13.4. The van der Waals surface area contributed by atoms with Gasteiger partial charge in [-0.2, -0.15) is 0 Å². The SMILES string of the molecule is CCNC(CCCOC)Cc1ccc(C)cc1Cl. The van der Waals surface area contributed by atoms with Gasteiger partial charge in [-0.05, 0) is 49.9 Å². The fraction of sp³-hybridized carbons (Fsp3) is 0.600. The summed E-state index contributed by atoms with van der Waals surface area (Å²) in [6.07, 6.45) is 3.18. The Balaban J connectivity index is 2.58. The highest BCUT2D eigenvalue weighted by molar-refractivity contribution is 6.31. The van der Waals surface area contributed by atoms with Crippen LogP contribution >= 0.6 is 11.6 Å². The predicted octanol–water partition coefficient (Wildman–Crippen LogP) is 3.60. The molecule has 102 valence electrons. The standard InChI is InChI=1S/C15H24ClNO/c1-4-17-14(6-5-9-18-3)11-13-8-7-12(2)10-15(13)16/h7-8,10,14,17H,4-6,9,11H2,1-3H3. The van der Waals surface area contributed by atoms with Gasteiger partial charge in [-0.25, -0.2) is 0 Å². The van der Waals surface area contributed by atoms with Crippen LogP contribution in [0, 0.1) is 6.92 Å². The molecule has 0 saturated heterocycles. The number of rotatable bonds is 8. The molecule has 1 unspecified atom stereocenters. The molecule has 3 heteroatoms. The largest absolute Gasteiger partial charge is 0.385 e. The van der Waals surface area contributed by atoms with E-state index in [0.717, 1.165) is 37.4 Å². The summed E-state index contributed by atoms with van der Waals surface area (Å²) in [5.41, 5.74) is 2.44. The summed E-state index contributed by atoms with van der Waals surface area (Å²) >= 11 is 6.28. The van der Waals surface area contributed by atoms with Gasteiger partial charge in [0.25, 0.3) is 0 Å². The van der Waals surface area contributed by atoms with Crippen molar-refractivity contribution in [2.45, 2.75) is 39.2 Å². The van der Waals surface area contributed by atoms with E-state index in [1.165, 1.54) is 11.1 Å². The molecule has 0 aromatic heterocycles. The Morgan fingerprint density at radius 1 is 1.39 bits per heavy atom. The van der Waals surface area contributed by atoms with Crippen molar-refractivity contribution in [1.82, 2.24) is 5.32 Å². The van der Waals surface area contributed by atoms with Crippen molar-refractivity contribution in [3.63, 3.8) is 0 Å². The second kappa shape index (κ2) is 8.52. The molecule has 0 aliphatic heterocycles. The molecule has 1 N–H and O–H groups in total. The fourth-order valence-corrected chi connectivity index (χ4v) is 2.43. The second-order valence-corrected chi connectivity index (χ2v) is 5.10. The van der Waals surface area contributed by atoms with Gasteiger partial charge in [-0.15, -0.1) is 0 Å². The van der Waals surface area contributed by atoms with Crippen LogP contribution in [0.15, 0.2) is 18.2 Å². The first-order chi connectivity index (χ1) is 8.67. The molecule has 0 amide bonds. The van der Waals surface area contributed by atoms with Crippen LogP contribution in [0.25, 0.3) is 0 Å². The lowest BCUT2D eigenvalue weighted by atomic mass is 10.0. The first kappa shape index (κ1) is 15.5. The van der Waals surface area contributed by atoms with E-state index in [-0.39, 0.29) is 0 Å². The van der Waals surface area contributed by atoms with Gasteiger partial charge in [0.15, 0.2) is 0 Å². The van der Waals surface area contributed by atoms with Crippen molar-refractivity contribution in [2.24, 2.45) is 0 Å². The van der Waals surface area contributed by atoms with Crippen molar-refractivity contribution in [3.05, 3.63) is 34.3 Å². The minimum atomic E-state index is 0.477. The molecule has 0 fully saturated rings. The van der Waals surface area contributed by atoms with Gasteiger partial charge in [0.05, 0.1) is 0 Å². The lowest BCUT2D eigenvalue weighted by molar-refractivity contribution is 0.188. The molecule has 0 aliphatic rings. The molecule has 0 aliphatic carbocycles. The summed E-state index contributed by atoms with van der Waals surface area (Å²) in [4.78, 5) is 0. The van der Waals surface area contributed by atoms with Gasteiger partial charge >= 0.3 is 0 Å². The van der Waals surface area contributed by atoms with Gasteiger partial charge in [0.1, 0.15) is 0 Å². The van der Waals surface area contributed by atoms with Crippen molar-refractivity contribution < 1.29 is 4.74 Å². The predicted molar refractivity (Wildman–Crippen MR) is 78.5 cm³/mol. The average molecular weight is 270 g/mol. The van der Waals surface area contributed by atoms with Crippen LogP contribution in [0.1, 0.15) is 30.9 Å². The Bertz CT molecular complexity index is 354. The molecule has 1 rings (SSSR count). The first-order valence-electron chi connectivity index (χ1n) is 6.64. The number of methoxy groups -OCH3 is 1. The van der Waals surface area contributed by atoms with Crippen LogP contribution in [0.5, 0.6) is 0 Å². The van der Waals surface area contributed by atoms with E-state index in [1.807, 2.05) is 6.07 Å². The number of aryl methyl sites for hydroxylation is 1. The molecule has 1 aromatic carbocycles.